The number of anilines is 1. The Kier molecular flexibility index (Phi) is 3.86. The third-order valence-corrected chi connectivity index (χ3v) is 2.86. The summed E-state index contributed by atoms with van der Waals surface area (Å²) in [6, 6.07) is 1.76. The number of hydrazine groups is 1. The first kappa shape index (κ1) is 13.6. The number of pyridine rings is 1. The van der Waals surface area contributed by atoms with Crippen LogP contribution in [0.3, 0.4) is 0 Å². The molecule has 2 aromatic heterocycles. The predicted octanol–water partition coefficient (Wildman–Crippen LogP) is 2.33. The maximum atomic E-state index is 12.7. The van der Waals surface area contributed by atoms with Crippen molar-refractivity contribution in [3.05, 3.63) is 36.3 Å². The SMILES string of the molecule is NNc1cc(C(F)(F)F)cc(Sc2cnccn2)n1. The number of rotatable bonds is 3. The Morgan fingerprint density at radius 1 is 1.16 bits per heavy atom. The van der Waals surface area contributed by atoms with Crippen molar-refractivity contribution >= 4 is 17.6 Å². The normalized spacial score (nSPS) is 11.4. The number of nitrogens with two attached hydrogens (primary N) is 1. The summed E-state index contributed by atoms with van der Waals surface area (Å²) in [6.07, 6.45) is -0.122. The molecule has 0 saturated carbocycles. The van der Waals surface area contributed by atoms with Gasteiger partial charge in [0.15, 0.2) is 0 Å². The third kappa shape index (κ3) is 3.55. The van der Waals surface area contributed by atoms with Crippen LogP contribution in [0.2, 0.25) is 0 Å². The predicted molar refractivity (Wildman–Crippen MR) is 63.2 cm³/mol. The van der Waals surface area contributed by atoms with Gasteiger partial charge in [-0.05, 0) is 23.9 Å². The molecule has 0 amide bonds. The van der Waals surface area contributed by atoms with E-state index in [1.165, 1.54) is 18.6 Å². The highest BCUT2D eigenvalue weighted by molar-refractivity contribution is 7.99. The van der Waals surface area contributed by atoms with Gasteiger partial charge in [-0.2, -0.15) is 13.2 Å². The van der Waals surface area contributed by atoms with Gasteiger partial charge >= 0.3 is 6.18 Å². The van der Waals surface area contributed by atoms with Crippen LogP contribution in [0, 0.1) is 0 Å². The number of nitrogen functional groups attached to an aromatic ring is 1. The van der Waals surface area contributed by atoms with Crippen molar-refractivity contribution in [1.82, 2.24) is 15.0 Å². The van der Waals surface area contributed by atoms with Gasteiger partial charge in [0.1, 0.15) is 15.9 Å². The monoisotopic (exact) mass is 287 g/mol. The molecule has 0 spiro atoms. The summed E-state index contributed by atoms with van der Waals surface area (Å²) in [4.78, 5) is 11.7. The largest absolute Gasteiger partial charge is 0.416 e. The highest BCUT2D eigenvalue weighted by atomic mass is 32.2. The van der Waals surface area contributed by atoms with Crippen LogP contribution in [-0.2, 0) is 6.18 Å². The summed E-state index contributed by atoms with van der Waals surface area (Å²) >= 11 is 0.967. The van der Waals surface area contributed by atoms with Crippen LogP contribution < -0.4 is 11.3 Å². The second kappa shape index (κ2) is 5.41. The molecule has 0 aliphatic rings. The fourth-order valence-corrected chi connectivity index (χ4v) is 2.01. The average Bonchev–Trinajstić information content (AvgIpc) is 2.38. The van der Waals surface area contributed by atoms with Gasteiger partial charge in [-0.3, -0.25) is 4.98 Å². The molecule has 0 aromatic carbocycles. The minimum absolute atomic E-state index is 0.0683. The van der Waals surface area contributed by atoms with E-state index in [2.05, 4.69) is 20.4 Å². The first-order chi connectivity index (χ1) is 8.99. The molecular formula is C10H8F3N5S. The summed E-state index contributed by atoms with van der Waals surface area (Å²) in [5, 5.41) is 0.570. The molecule has 0 fully saturated rings. The zero-order chi connectivity index (χ0) is 13.9. The summed E-state index contributed by atoms with van der Waals surface area (Å²) in [5.74, 6) is 5.04. The lowest BCUT2D eigenvalue weighted by Gasteiger charge is -2.10. The molecule has 0 saturated heterocycles. The summed E-state index contributed by atoms with van der Waals surface area (Å²) < 4.78 is 38.1. The zero-order valence-corrected chi connectivity index (χ0v) is 10.2. The van der Waals surface area contributed by atoms with Crippen molar-refractivity contribution in [3.63, 3.8) is 0 Å². The molecule has 0 atom stereocenters. The number of hydrogen-bond acceptors (Lipinski definition) is 6. The molecule has 100 valence electrons. The molecule has 0 unspecified atom stereocenters. The standard InChI is InChI=1S/C10H8F3N5S/c11-10(12,13)6-3-7(18-14)17-8(4-6)19-9-5-15-1-2-16-9/h1-5H,14H2,(H,17,18). The molecule has 5 nitrogen and oxygen atoms in total. The van der Waals surface area contributed by atoms with E-state index < -0.39 is 11.7 Å². The van der Waals surface area contributed by atoms with Gasteiger partial charge in [-0.1, -0.05) is 0 Å². The van der Waals surface area contributed by atoms with Crippen LogP contribution in [0.4, 0.5) is 19.0 Å². The number of aromatic nitrogens is 3. The maximum absolute atomic E-state index is 12.7. The molecule has 2 aromatic rings. The Hall–Kier alpha value is -1.87. The van der Waals surface area contributed by atoms with E-state index in [-0.39, 0.29) is 10.8 Å². The number of hydrogen-bond donors (Lipinski definition) is 2. The van der Waals surface area contributed by atoms with Crippen molar-refractivity contribution in [2.75, 3.05) is 5.43 Å². The van der Waals surface area contributed by atoms with E-state index in [4.69, 9.17) is 5.84 Å². The van der Waals surface area contributed by atoms with E-state index >= 15 is 0 Å². The minimum atomic E-state index is -4.47. The molecule has 0 aliphatic heterocycles. The van der Waals surface area contributed by atoms with Crippen LogP contribution in [0.15, 0.2) is 40.8 Å². The lowest BCUT2D eigenvalue weighted by atomic mass is 10.2. The molecule has 9 heteroatoms. The lowest BCUT2D eigenvalue weighted by Crippen LogP contribution is -2.12. The minimum Gasteiger partial charge on any atom is -0.308 e. The summed E-state index contributed by atoms with van der Waals surface area (Å²) in [5.41, 5.74) is 1.27. The second-order valence-corrected chi connectivity index (χ2v) is 4.41. The van der Waals surface area contributed by atoms with E-state index in [0.29, 0.717) is 5.03 Å². The number of nitrogens with one attached hydrogen (secondary N) is 1. The second-order valence-electron chi connectivity index (χ2n) is 3.37. The van der Waals surface area contributed by atoms with Crippen LogP contribution in [0.25, 0.3) is 0 Å². The molecule has 0 radical (unpaired) electrons. The van der Waals surface area contributed by atoms with Gasteiger partial charge in [0, 0.05) is 12.4 Å². The average molecular weight is 287 g/mol. The van der Waals surface area contributed by atoms with Gasteiger partial charge in [0.25, 0.3) is 0 Å². The van der Waals surface area contributed by atoms with E-state index in [1.807, 2.05) is 0 Å². The topological polar surface area (TPSA) is 76.7 Å². The first-order valence-corrected chi connectivity index (χ1v) is 5.80. The Labute approximate surface area is 110 Å². The smallest absolute Gasteiger partial charge is 0.308 e. The Bertz CT molecular complexity index is 561. The van der Waals surface area contributed by atoms with Crippen molar-refractivity contribution in [2.24, 2.45) is 5.84 Å². The van der Waals surface area contributed by atoms with Crippen LogP contribution in [-0.4, -0.2) is 15.0 Å². The van der Waals surface area contributed by atoms with Gasteiger partial charge in [0.05, 0.1) is 11.8 Å². The number of halogens is 3. The van der Waals surface area contributed by atoms with Crippen LogP contribution >= 0.6 is 11.8 Å². The Morgan fingerprint density at radius 2 is 1.95 bits per heavy atom. The van der Waals surface area contributed by atoms with Gasteiger partial charge in [-0.25, -0.2) is 15.8 Å². The van der Waals surface area contributed by atoms with Crippen molar-refractivity contribution in [3.8, 4) is 0 Å². The molecule has 2 heterocycles. The van der Waals surface area contributed by atoms with Crippen LogP contribution in [0.5, 0.6) is 0 Å². The maximum Gasteiger partial charge on any atom is 0.416 e. The van der Waals surface area contributed by atoms with E-state index in [1.54, 1.807) is 0 Å². The Balaban J connectivity index is 2.35. The number of nitrogens with zero attached hydrogens (tertiary/aromatic N) is 3. The first-order valence-electron chi connectivity index (χ1n) is 4.99. The molecular weight excluding hydrogens is 279 g/mol. The van der Waals surface area contributed by atoms with E-state index in [9.17, 15) is 13.2 Å². The summed E-state index contributed by atoms with van der Waals surface area (Å²) in [7, 11) is 0. The third-order valence-electron chi connectivity index (χ3n) is 2.03. The Morgan fingerprint density at radius 3 is 2.53 bits per heavy atom. The molecule has 19 heavy (non-hydrogen) atoms. The molecule has 0 aliphatic carbocycles. The van der Waals surface area contributed by atoms with Gasteiger partial charge in [-0.15, -0.1) is 0 Å². The van der Waals surface area contributed by atoms with Crippen molar-refractivity contribution in [1.29, 1.82) is 0 Å². The van der Waals surface area contributed by atoms with Crippen molar-refractivity contribution in [2.45, 2.75) is 16.2 Å². The summed E-state index contributed by atoms with van der Waals surface area (Å²) in [6.45, 7) is 0. The van der Waals surface area contributed by atoms with E-state index in [0.717, 1.165) is 23.9 Å². The lowest BCUT2D eigenvalue weighted by molar-refractivity contribution is -0.137. The fourth-order valence-electron chi connectivity index (χ4n) is 1.24. The van der Waals surface area contributed by atoms with Crippen LogP contribution in [0.1, 0.15) is 5.56 Å². The molecule has 3 N–H and O–H groups in total. The quantitative estimate of drug-likeness (QED) is 0.666. The fraction of sp³-hybridized carbons (Fsp3) is 0.100. The van der Waals surface area contributed by atoms with Crippen molar-refractivity contribution < 1.29 is 13.2 Å². The number of alkyl halides is 3. The molecule has 0 bridgehead atoms. The highest BCUT2D eigenvalue weighted by Crippen LogP contribution is 2.34. The van der Waals surface area contributed by atoms with Gasteiger partial charge in [0.2, 0.25) is 0 Å². The highest BCUT2D eigenvalue weighted by Gasteiger charge is 2.31. The zero-order valence-electron chi connectivity index (χ0n) is 9.35. The van der Waals surface area contributed by atoms with Gasteiger partial charge < -0.3 is 5.43 Å². The molecule has 2 rings (SSSR count).